The maximum absolute atomic E-state index is 13.4. The average molecular weight is 589 g/mol. The molecule has 1 unspecified atom stereocenters. The molecule has 0 aliphatic heterocycles. The molecule has 0 spiro atoms. The molecule has 0 saturated heterocycles. The number of benzene rings is 4. The van der Waals surface area contributed by atoms with Crippen LogP contribution in [-0.4, -0.2) is 33.7 Å². The van der Waals surface area contributed by atoms with Gasteiger partial charge >= 0.3 is 5.97 Å². The highest BCUT2D eigenvalue weighted by atomic mass is 16.6. The summed E-state index contributed by atoms with van der Waals surface area (Å²) in [6.07, 6.45) is 3.20. The second-order valence-electron chi connectivity index (χ2n) is 9.77. The Kier molecular flexibility index (Phi) is 8.91. The van der Waals surface area contributed by atoms with E-state index in [-0.39, 0.29) is 11.4 Å². The van der Waals surface area contributed by atoms with E-state index in [2.05, 4.69) is 5.32 Å². The second kappa shape index (κ2) is 13.3. The highest BCUT2D eigenvalue weighted by Crippen LogP contribution is 2.29. The number of carbonyl (C=O) groups is 2. The number of ether oxygens (including phenoxy) is 2. The predicted octanol–water partition coefficient (Wildman–Crippen LogP) is 6.70. The number of nitrogens with one attached hydrogen (secondary N) is 1. The summed E-state index contributed by atoms with van der Waals surface area (Å²) < 4.78 is 12.6. The molecule has 0 fully saturated rings. The number of amides is 1. The Bertz CT molecular complexity index is 1820. The van der Waals surface area contributed by atoms with Crippen molar-refractivity contribution in [1.29, 1.82) is 0 Å². The van der Waals surface area contributed by atoms with Crippen LogP contribution in [0.5, 0.6) is 5.75 Å². The van der Waals surface area contributed by atoms with Crippen LogP contribution in [0.1, 0.15) is 22.8 Å². The Hall–Kier alpha value is -6.03. The smallest absolute Gasteiger partial charge is 0.331 e. The van der Waals surface area contributed by atoms with Gasteiger partial charge in [-0.15, -0.1) is 0 Å². The number of aryl methyl sites for hydroxylation is 1. The monoisotopic (exact) mass is 588 g/mol. The molecule has 1 atom stereocenters. The first-order valence-electron chi connectivity index (χ1n) is 13.6. The third-order valence-corrected chi connectivity index (χ3v) is 6.71. The molecule has 1 amide bonds. The molecule has 10 nitrogen and oxygen atoms in total. The minimum absolute atomic E-state index is 0.00409. The summed E-state index contributed by atoms with van der Waals surface area (Å²) in [6.45, 7) is 1.71. The highest BCUT2D eigenvalue weighted by molar-refractivity contribution is 5.99. The fraction of sp³-hybridized carbons (Fsp3) is 0.0882. The maximum atomic E-state index is 13.4. The normalized spacial score (nSPS) is 11.6. The van der Waals surface area contributed by atoms with Gasteiger partial charge in [0.05, 0.1) is 23.4 Å². The molecular formula is C34H28N4O6. The predicted molar refractivity (Wildman–Crippen MR) is 166 cm³/mol. The zero-order valence-electron chi connectivity index (χ0n) is 23.9. The summed E-state index contributed by atoms with van der Waals surface area (Å²) in [7, 11) is 1.59. The van der Waals surface area contributed by atoms with Crippen LogP contribution in [0.3, 0.4) is 0 Å². The molecule has 0 bridgehead atoms. The Morgan fingerprint density at radius 2 is 1.64 bits per heavy atom. The van der Waals surface area contributed by atoms with Gasteiger partial charge in [-0.1, -0.05) is 54.6 Å². The number of hydrogen-bond donors (Lipinski definition) is 1. The van der Waals surface area contributed by atoms with E-state index in [4.69, 9.17) is 14.6 Å². The molecule has 0 radical (unpaired) electrons. The van der Waals surface area contributed by atoms with Crippen molar-refractivity contribution in [2.75, 3.05) is 12.4 Å². The average Bonchev–Trinajstić information content (AvgIpc) is 3.48. The lowest BCUT2D eigenvalue weighted by Crippen LogP contribution is -2.25. The lowest BCUT2D eigenvalue weighted by Gasteiger charge is -2.17. The van der Waals surface area contributed by atoms with Crippen LogP contribution in [0, 0.1) is 17.0 Å². The lowest BCUT2D eigenvalue weighted by atomic mass is 10.1. The molecule has 0 aliphatic rings. The summed E-state index contributed by atoms with van der Waals surface area (Å²) in [4.78, 5) is 37.5. The van der Waals surface area contributed by atoms with Crippen molar-refractivity contribution in [3.05, 3.63) is 142 Å². The third-order valence-electron chi connectivity index (χ3n) is 6.71. The van der Waals surface area contributed by atoms with Crippen molar-refractivity contribution in [3.8, 4) is 22.7 Å². The number of carbonyl (C=O) groups excluding carboxylic acids is 2. The van der Waals surface area contributed by atoms with Crippen LogP contribution in [0.15, 0.2) is 115 Å². The van der Waals surface area contributed by atoms with E-state index in [1.54, 1.807) is 67.4 Å². The summed E-state index contributed by atoms with van der Waals surface area (Å²) in [5.41, 5.74) is 3.67. The van der Waals surface area contributed by atoms with Crippen LogP contribution in [0.25, 0.3) is 23.0 Å². The van der Waals surface area contributed by atoms with Crippen LogP contribution in [0.4, 0.5) is 11.4 Å². The van der Waals surface area contributed by atoms with Crippen LogP contribution in [0.2, 0.25) is 0 Å². The molecule has 4 aromatic carbocycles. The first kappa shape index (κ1) is 29.5. The van der Waals surface area contributed by atoms with E-state index in [0.29, 0.717) is 28.1 Å². The van der Waals surface area contributed by atoms with E-state index in [9.17, 15) is 19.7 Å². The van der Waals surface area contributed by atoms with Gasteiger partial charge < -0.3 is 14.8 Å². The molecule has 5 rings (SSSR count). The number of esters is 1. The van der Waals surface area contributed by atoms with Gasteiger partial charge in [-0.25, -0.2) is 9.48 Å². The first-order valence-corrected chi connectivity index (χ1v) is 13.6. The van der Waals surface area contributed by atoms with Crippen LogP contribution >= 0.6 is 0 Å². The van der Waals surface area contributed by atoms with Crippen molar-refractivity contribution in [2.45, 2.75) is 13.0 Å². The maximum Gasteiger partial charge on any atom is 0.331 e. The minimum Gasteiger partial charge on any atom is -0.497 e. The third kappa shape index (κ3) is 6.88. The van der Waals surface area contributed by atoms with Gasteiger partial charge in [0.2, 0.25) is 6.10 Å². The standard InChI is InChI=1S/C34H28N4O6/c1-23-13-19-29(30(21-23)38(41)42)35-34(40)33(25-9-5-3-6-10-25)44-31(39)20-16-26-22-37(27-11-7-4-8-12-27)36-32(26)24-14-17-28(43-2)18-15-24/h3-22,33H,1-2H3,(H,35,40). The Morgan fingerprint density at radius 3 is 2.30 bits per heavy atom. The highest BCUT2D eigenvalue weighted by Gasteiger charge is 2.27. The van der Waals surface area contributed by atoms with Gasteiger partial charge in [-0.05, 0) is 61.0 Å². The molecule has 1 aromatic heterocycles. The number of anilines is 1. The number of para-hydroxylation sites is 1. The van der Waals surface area contributed by atoms with Crippen molar-refractivity contribution in [3.63, 3.8) is 0 Å². The Balaban J connectivity index is 1.43. The van der Waals surface area contributed by atoms with Gasteiger partial charge in [0, 0.05) is 35.0 Å². The number of nitro benzene ring substituents is 1. The quantitative estimate of drug-likeness (QED) is 0.0833. The molecule has 5 aromatic rings. The van der Waals surface area contributed by atoms with Crippen LogP contribution in [-0.2, 0) is 14.3 Å². The van der Waals surface area contributed by atoms with Crippen molar-refractivity contribution in [1.82, 2.24) is 9.78 Å². The lowest BCUT2D eigenvalue weighted by molar-refractivity contribution is -0.384. The molecule has 44 heavy (non-hydrogen) atoms. The van der Waals surface area contributed by atoms with Gasteiger partial charge in [-0.3, -0.25) is 14.9 Å². The van der Waals surface area contributed by atoms with E-state index in [1.807, 2.05) is 54.6 Å². The molecule has 10 heteroatoms. The van der Waals surface area contributed by atoms with Crippen molar-refractivity contribution >= 4 is 29.3 Å². The molecule has 1 heterocycles. The summed E-state index contributed by atoms with van der Waals surface area (Å²) >= 11 is 0. The van der Waals surface area contributed by atoms with E-state index >= 15 is 0 Å². The summed E-state index contributed by atoms with van der Waals surface area (Å²) in [6, 6.07) is 29.8. The molecule has 1 N–H and O–H groups in total. The van der Waals surface area contributed by atoms with E-state index < -0.39 is 22.9 Å². The molecule has 220 valence electrons. The SMILES string of the molecule is COc1ccc(-c2nn(-c3ccccc3)cc2C=CC(=O)OC(C(=O)Nc2ccc(C)cc2[N+](=O)[O-])c2ccccc2)cc1. The first-order chi connectivity index (χ1) is 21.3. The van der Waals surface area contributed by atoms with Gasteiger partial charge in [0.1, 0.15) is 11.4 Å². The van der Waals surface area contributed by atoms with E-state index in [1.165, 1.54) is 18.2 Å². The van der Waals surface area contributed by atoms with Crippen molar-refractivity contribution in [2.24, 2.45) is 0 Å². The Labute approximate surface area is 253 Å². The largest absolute Gasteiger partial charge is 0.497 e. The van der Waals surface area contributed by atoms with Gasteiger partial charge in [0.25, 0.3) is 11.6 Å². The topological polar surface area (TPSA) is 126 Å². The Morgan fingerprint density at radius 1 is 0.955 bits per heavy atom. The molecule has 0 saturated carbocycles. The number of aromatic nitrogens is 2. The molecular weight excluding hydrogens is 560 g/mol. The molecule has 0 aliphatic carbocycles. The number of methoxy groups -OCH3 is 1. The minimum atomic E-state index is -1.37. The number of nitro groups is 1. The number of rotatable bonds is 10. The number of nitrogens with zero attached hydrogens (tertiary/aromatic N) is 3. The summed E-state index contributed by atoms with van der Waals surface area (Å²) in [5, 5.41) is 18.9. The van der Waals surface area contributed by atoms with Crippen molar-refractivity contribution < 1.29 is 24.0 Å². The summed E-state index contributed by atoms with van der Waals surface area (Å²) in [5.74, 6) is -0.834. The number of hydrogen-bond acceptors (Lipinski definition) is 7. The van der Waals surface area contributed by atoms with Crippen LogP contribution < -0.4 is 10.1 Å². The fourth-order valence-corrected chi connectivity index (χ4v) is 4.51. The second-order valence-corrected chi connectivity index (χ2v) is 9.77. The fourth-order valence-electron chi connectivity index (χ4n) is 4.51. The zero-order chi connectivity index (χ0) is 31.1. The van der Waals surface area contributed by atoms with Gasteiger partial charge in [0.15, 0.2) is 0 Å². The zero-order valence-corrected chi connectivity index (χ0v) is 23.9. The van der Waals surface area contributed by atoms with Gasteiger partial charge in [-0.2, -0.15) is 5.10 Å². The van der Waals surface area contributed by atoms with E-state index in [0.717, 1.165) is 11.3 Å².